The third kappa shape index (κ3) is 2.86. The molecule has 0 saturated carbocycles. The van der Waals surface area contributed by atoms with E-state index in [1.807, 2.05) is 18.2 Å². The molecule has 4 atom stereocenters. The first kappa shape index (κ1) is 17.8. The predicted octanol–water partition coefficient (Wildman–Crippen LogP) is 6.50. The van der Waals surface area contributed by atoms with Crippen molar-refractivity contribution in [3.63, 3.8) is 0 Å². The molecule has 152 valence electrons. The van der Waals surface area contributed by atoms with Crippen LogP contribution in [0.5, 0.6) is 0 Å². The van der Waals surface area contributed by atoms with Crippen LogP contribution in [0.15, 0.2) is 85.1 Å². The van der Waals surface area contributed by atoms with E-state index in [4.69, 9.17) is 0 Å². The van der Waals surface area contributed by atoms with Crippen LogP contribution in [-0.4, -0.2) is 17.0 Å². The summed E-state index contributed by atoms with van der Waals surface area (Å²) in [6.07, 6.45) is 4.34. The van der Waals surface area contributed by atoms with Crippen molar-refractivity contribution in [3.05, 3.63) is 113 Å². The van der Waals surface area contributed by atoms with Crippen LogP contribution in [0.1, 0.15) is 48.2 Å². The van der Waals surface area contributed by atoms with Crippen LogP contribution >= 0.6 is 0 Å². The van der Waals surface area contributed by atoms with Gasteiger partial charge in [-0.3, -0.25) is 0 Å². The standard InChI is InChI=1S/C28H30N2/c1-19-11-8-9-16-25(19)30-22(4)27-24(23-14-6-5-7-15-23)17-18-29(27)28(30)26-20(2)12-10-13-21(26)3/h5-18,22,24,27-28H,1-4H3/t22-,24?,27?,28?/m0/s1/i24D. The summed E-state index contributed by atoms with van der Waals surface area (Å²) in [5, 5.41) is 0. The zero-order valence-corrected chi connectivity index (χ0v) is 18.2. The maximum atomic E-state index is 9.59. The predicted molar refractivity (Wildman–Crippen MR) is 126 cm³/mol. The van der Waals surface area contributed by atoms with Crippen LogP contribution in [0.4, 0.5) is 5.69 Å². The smallest absolute Gasteiger partial charge is 0.129 e. The zero-order chi connectivity index (χ0) is 21.8. The van der Waals surface area contributed by atoms with Crippen LogP contribution in [0.3, 0.4) is 0 Å². The molecule has 0 aromatic heterocycles. The molecule has 3 aromatic rings. The van der Waals surface area contributed by atoms with Crippen LogP contribution in [0.2, 0.25) is 0 Å². The molecule has 1 saturated heterocycles. The molecule has 0 bridgehead atoms. The summed E-state index contributed by atoms with van der Waals surface area (Å²) in [7, 11) is 0. The van der Waals surface area contributed by atoms with Gasteiger partial charge in [-0.15, -0.1) is 0 Å². The largest absolute Gasteiger partial charge is 0.348 e. The van der Waals surface area contributed by atoms with Gasteiger partial charge in [-0.05, 0) is 62.2 Å². The maximum absolute atomic E-state index is 9.59. The number of rotatable bonds is 3. The molecule has 0 aliphatic carbocycles. The van der Waals surface area contributed by atoms with Crippen molar-refractivity contribution in [1.29, 1.82) is 0 Å². The Morgan fingerprint density at radius 2 is 1.40 bits per heavy atom. The SMILES string of the molecule is [2H]C1(c2ccccc2)C=CN2C(c3c(C)cccc3C)N(c3ccccc3C)[C@@H](C)C21. The minimum absolute atomic E-state index is 0.0264. The molecule has 5 rings (SSSR count). The second kappa shape index (κ2) is 7.36. The number of hydrogen-bond acceptors (Lipinski definition) is 2. The summed E-state index contributed by atoms with van der Waals surface area (Å²) >= 11 is 0. The molecule has 1 fully saturated rings. The van der Waals surface area contributed by atoms with Crippen molar-refractivity contribution in [2.75, 3.05) is 4.90 Å². The highest BCUT2D eigenvalue weighted by Crippen LogP contribution is 2.50. The Balaban J connectivity index is 1.71. The third-order valence-corrected chi connectivity index (χ3v) is 6.81. The topological polar surface area (TPSA) is 6.48 Å². The highest BCUT2D eigenvalue weighted by molar-refractivity contribution is 5.59. The number of fused-ring (bicyclic) bond motifs is 1. The zero-order valence-electron chi connectivity index (χ0n) is 19.2. The van der Waals surface area contributed by atoms with Crippen LogP contribution in [0.25, 0.3) is 0 Å². The summed E-state index contributed by atoms with van der Waals surface area (Å²) in [5.41, 5.74) is 7.52. The summed E-state index contributed by atoms with van der Waals surface area (Å²) in [6.45, 7) is 8.90. The fourth-order valence-corrected chi connectivity index (χ4v) is 5.40. The van der Waals surface area contributed by atoms with Crippen molar-refractivity contribution in [1.82, 2.24) is 4.90 Å². The van der Waals surface area contributed by atoms with Gasteiger partial charge >= 0.3 is 0 Å². The molecule has 0 spiro atoms. The van der Waals surface area contributed by atoms with E-state index < -0.39 is 5.89 Å². The lowest BCUT2D eigenvalue weighted by molar-refractivity contribution is 0.282. The number of nitrogens with zero attached hydrogens (tertiary/aromatic N) is 2. The fraction of sp³-hybridized carbons (Fsp3) is 0.286. The summed E-state index contributed by atoms with van der Waals surface area (Å²) < 4.78 is 9.59. The van der Waals surface area contributed by atoms with Crippen LogP contribution in [-0.2, 0) is 0 Å². The molecule has 0 N–H and O–H groups in total. The molecule has 2 nitrogen and oxygen atoms in total. The number of anilines is 1. The Morgan fingerprint density at radius 3 is 2.10 bits per heavy atom. The second-order valence-electron chi connectivity index (χ2n) is 8.64. The minimum atomic E-state index is -0.785. The molecular weight excluding hydrogens is 364 g/mol. The van der Waals surface area contributed by atoms with E-state index in [1.165, 1.54) is 27.9 Å². The quantitative estimate of drug-likeness (QED) is 0.499. The summed E-state index contributed by atoms with van der Waals surface area (Å²) in [6, 6.07) is 25.7. The third-order valence-electron chi connectivity index (χ3n) is 6.81. The first-order chi connectivity index (χ1) is 14.9. The highest BCUT2D eigenvalue weighted by atomic mass is 15.5. The number of benzene rings is 3. The van der Waals surface area contributed by atoms with Gasteiger partial charge in [0.05, 0.1) is 6.04 Å². The molecule has 0 radical (unpaired) electrons. The van der Waals surface area contributed by atoms with E-state index in [0.717, 1.165) is 5.56 Å². The lowest BCUT2D eigenvalue weighted by Gasteiger charge is -2.35. The van der Waals surface area contributed by atoms with E-state index in [0.29, 0.717) is 0 Å². The summed E-state index contributed by atoms with van der Waals surface area (Å²) in [4.78, 5) is 4.98. The highest BCUT2D eigenvalue weighted by Gasteiger charge is 2.50. The monoisotopic (exact) mass is 395 g/mol. The molecular formula is C28H30N2. The van der Waals surface area contributed by atoms with Gasteiger partial charge < -0.3 is 9.80 Å². The Hall–Kier alpha value is -3.00. The van der Waals surface area contributed by atoms with Crippen molar-refractivity contribution >= 4 is 5.69 Å². The molecule has 2 heteroatoms. The van der Waals surface area contributed by atoms with E-state index in [-0.39, 0.29) is 18.2 Å². The van der Waals surface area contributed by atoms with E-state index in [1.54, 1.807) is 0 Å². The lowest BCUT2D eigenvalue weighted by Crippen LogP contribution is -2.36. The lowest BCUT2D eigenvalue weighted by atomic mass is 9.89. The van der Waals surface area contributed by atoms with Crippen molar-refractivity contribution in [2.45, 2.75) is 51.8 Å². The van der Waals surface area contributed by atoms with Crippen molar-refractivity contribution < 1.29 is 1.37 Å². The van der Waals surface area contributed by atoms with Gasteiger partial charge in [-0.2, -0.15) is 0 Å². The molecule has 3 unspecified atom stereocenters. The van der Waals surface area contributed by atoms with Crippen molar-refractivity contribution in [2.24, 2.45) is 0 Å². The van der Waals surface area contributed by atoms with Crippen LogP contribution in [0, 0.1) is 20.8 Å². The Kier molecular flexibility index (Phi) is 4.37. The molecule has 30 heavy (non-hydrogen) atoms. The van der Waals surface area contributed by atoms with Gasteiger partial charge in [0.15, 0.2) is 0 Å². The Bertz CT molecular complexity index is 1120. The van der Waals surface area contributed by atoms with E-state index in [2.05, 4.69) is 104 Å². The molecule has 2 aliphatic heterocycles. The van der Waals surface area contributed by atoms with Gasteiger partial charge in [0, 0.05) is 24.6 Å². The maximum Gasteiger partial charge on any atom is 0.129 e. The Labute approximate surface area is 181 Å². The average molecular weight is 396 g/mol. The average Bonchev–Trinajstić information content (AvgIpc) is 3.26. The second-order valence-corrected chi connectivity index (χ2v) is 8.64. The van der Waals surface area contributed by atoms with Crippen molar-refractivity contribution in [3.8, 4) is 0 Å². The molecule has 0 amide bonds. The number of para-hydroxylation sites is 1. The fourth-order valence-electron chi connectivity index (χ4n) is 5.40. The molecule has 2 aliphatic rings. The molecule has 2 heterocycles. The van der Waals surface area contributed by atoms with Gasteiger partial charge in [0.2, 0.25) is 0 Å². The van der Waals surface area contributed by atoms with Gasteiger partial charge in [-0.1, -0.05) is 72.8 Å². The molecule has 3 aromatic carbocycles. The number of hydrogen-bond donors (Lipinski definition) is 0. The normalized spacial score (nSPS) is 28.0. The van der Waals surface area contributed by atoms with Crippen LogP contribution < -0.4 is 4.90 Å². The van der Waals surface area contributed by atoms with Gasteiger partial charge in [-0.25, -0.2) is 0 Å². The van der Waals surface area contributed by atoms with Gasteiger partial charge in [0.1, 0.15) is 6.17 Å². The Morgan fingerprint density at radius 1 is 0.767 bits per heavy atom. The number of aryl methyl sites for hydroxylation is 3. The summed E-state index contributed by atoms with van der Waals surface area (Å²) in [5.74, 6) is -0.785. The minimum Gasteiger partial charge on any atom is -0.348 e. The van der Waals surface area contributed by atoms with Gasteiger partial charge in [0.25, 0.3) is 0 Å². The van der Waals surface area contributed by atoms with E-state index in [9.17, 15) is 1.37 Å². The van der Waals surface area contributed by atoms with E-state index >= 15 is 0 Å². The first-order valence-corrected chi connectivity index (χ1v) is 10.9. The first-order valence-electron chi connectivity index (χ1n) is 11.4.